The normalized spacial score (nSPS) is 10.5. The van der Waals surface area contributed by atoms with Crippen LogP contribution in [0.3, 0.4) is 0 Å². The fourth-order valence-corrected chi connectivity index (χ4v) is 0.891. The summed E-state index contributed by atoms with van der Waals surface area (Å²) >= 11 is 0. The SMILES string of the molecule is CCCC1=[C-]CC=C1.CCO.CCO.CCO.[Ti]. The molecule has 0 unspecified atom stereocenters. The third-order valence-corrected chi connectivity index (χ3v) is 1.29. The van der Waals surface area contributed by atoms with E-state index in [1.54, 1.807) is 20.8 Å². The summed E-state index contributed by atoms with van der Waals surface area (Å²) < 4.78 is 0. The zero-order valence-electron chi connectivity index (χ0n) is 12.2. The van der Waals surface area contributed by atoms with E-state index in [-0.39, 0.29) is 41.5 Å². The second-order valence-corrected chi connectivity index (χ2v) is 3.01. The van der Waals surface area contributed by atoms with Gasteiger partial charge in [-0.05, 0) is 20.8 Å². The Morgan fingerprint density at radius 3 is 1.61 bits per heavy atom. The van der Waals surface area contributed by atoms with Crippen LogP contribution in [0.1, 0.15) is 47.0 Å². The standard InChI is InChI=1S/C8H11.3C2H6O.Ti/c1-2-5-8-6-3-4-7-8;3*1-2-3;/h3,6H,2,4-5H2,1H3;3*3H,2H2,1H3;/q-1;;;;. The molecule has 0 amide bonds. The van der Waals surface area contributed by atoms with E-state index in [2.05, 4.69) is 25.2 Å². The zero-order chi connectivity index (χ0) is 13.9. The van der Waals surface area contributed by atoms with Crippen molar-refractivity contribution >= 4 is 0 Å². The summed E-state index contributed by atoms with van der Waals surface area (Å²) in [7, 11) is 0. The molecule has 0 atom stereocenters. The Morgan fingerprint density at radius 1 is 1.00 bits per heavy atom. The zero-order valence-corrected chi connectivity index (χ0v) is 13.8. The molecule has 4 heteroatoms. The maximum Gasteiger partial charge on any atom is 0.0402 e. The summed E-state index contributed by atoms with van der Waals surface area (Å²) in [5.41, 5.74) is 1.40. The van der Waals surface area contributed by atoms with Crippen LogP contribution < -0.4 is 0 Å². The molecule has 18 heavy (non-hydrogen) atoms. The van der Waals surface area contributed by atoms with Crippen molar-refractivity contribution in [1.29, 1.82) is 0 Å². The fourth-order valence-electron chi connectivity index (χ4n) is 0.891. The van der Waals surface area contributed by atoms with Crippen LogP contribution in [0, 0.1) is 6.08 Å². The molecule has 108 valence electrons. The van der Waals surface area contributed by atoms with Gasteiger partial charge in [0.1, 0.15) is 0 Å². The van der Waals surface area contributed by atoms with Crippen molar-refractivity contribution in [3.8, 4) is 0 Å². The number of hydrogen-bond acceptors (Lipinski definition) is 3. The molecule has 1 aliphatic carbocycles. The average molecular weight is 293 g/mol. The summed E-state index contributed by atoms with van der Waals surface area (Å²) in [4.78, 5) is 0. The predicted octanol–water partition coefficient (Wildman–Crippen LogP) is 2.47. The largest absolute Gasteiger partial charge is 0.397 e. The van der Waals surface area contributed by atoms with Gasteiger partial charge in [0, 0.05) is 41.5 Å². The summed E-state index contributed by atoms with van der Waals surface area (Å²) in [6, 6.07) is 0. The number of rotatable bonds is 2. The van der Waals surface area contributed by atoms with Crippen LogP contribution in [-0.2, 0) is 21.7 Å². The topological polar surface area (TPSA) is 60.7 Å². The van der Waals surface area contributed by atoms with E-state index in [1.807, 2.05) is 0 Å². The van der Waals surface area contributed by atoms with Crippen LogP contribution in [-0.4, -0.2) is 35.1 Å². The van der Waals surface area contributed by atoms with Gasteiger partial charge >= 0.3 is 0 Å². The van der Waals surface area contributed by atoms with Gasteiger partial charge in [0.2, 0.25) is 0 Å². The molecule has 0 spiro atoms. The van der Waals surface area contributed by atoms with Crippen molar-refractivity contribution < 1.29 is 37.0 Å². The van der Waals surface area contributed by atoms with E-state index in [1.165, 1.54) is 18.4 Å². The molecule has 0 aromatic heterocycles. The van der Waals surface area contributed by atoms with Crippen molar-refractivity contribution in [2.24, 2.45) is 0 Å². The Labute approximate surface area is 128 Å². The molecule has 0 radical (unpaired) electrons. The van der Waals surface area contributed by atoms with E-state index in [0.29, 0.717) is 0 Å². The first kappa shape index (κ1) is 26.6. The summed E-state index contributed by atoms with van der Waals surface area (Å²) in [6.45, 7) is 7.99. The quantitative estimate of drug-likeness (QED) is 0.541. The molecule has 0 bridgehead atoms. The second kappa shape index (κ2) is 30.3. The Bertz CT molecular complexity index is 164. The van der Waals surface area contributed by atoms with Crippen molar-refractivity contribution in [3.05, 3.63) is 23.8 Å². The van der Waals surface area contributed by atoms with Gasteiger partial charge in [0.25, 0.3) is 0 Å². The van der Waals surface area contributed by atoms with Gasteiger partial charge in [-0.15, -0.1) is 6.42 Å². The minimum atomic E-state index is 0. The Balaban J connectivity index is -0.0000000840. The molecule has 3 nitrogen and oxygen atoms in total. The monoisotopic (exact) mass is 293 g/mol. The number of allylic oxidation sites excluding steroid dienone is 4. The van der Waals surface area contributed by atoms with Gasteiger partial charge in [0.05, 0.1) is 0 Å². The van der Waals surface area contributed by atoms with Gasteiger partial charge in [-0.25, -0.2) is 11.6 Å². The molecular weight excluding hydrogens is 264 g/mol. The van der Waals surface area contributed by atoms with Crippen LogP contribution in [0.5, 0.6) is 0 Å². The summed E-state index contributed by atoms with van der Waals surface area (Å²) in [5, 5.41) is 22.7. The number of aliphatic hydroxyl groups excluding tert-OH is 3. The molecular formula is C14H29O3Ti-. The summed E-state index contributed by atoms with van der Waals surface area (Å²) in [6.07, 6.45) is 11.1. The van der Waals surface area contributed by atoms with E-state index in [0.717, 1.165) is 6.42 Å². The smallest absolute Gasteiger partial charge is 0.0402 e. The fraction of sp³-hybridized carbons (Fsp3) is 0.714. The average Bonchev–Trinajstić information content (AvgIpc) is 2.75. The number of aliphatic hydroxyl groups is 3. The number of hydrogen-bond donors (Lipinski definition) is 3. The third kappa shape index (κ3) is 36.0. The molecule has 0 saturated heterocycles. The minimum absolute atomic E-state index is 0. The third-order valence-electron chi connectivity index (χ3n) is 1.29. The molecule has 0 aliphatic heterocycles. The Kier molecular flexibility index (Phi) is 44.7. The van der Waals surface area contributed by atoms with E-state index in [9.17, 15) is 0 Å². The van der Waals surface area contributed by atoms with Gasteiger partial charge in [0.15, 0.2) is 0 Å². The molecule has 0 saturated carbocycles. The van der Waals surface area contributed by atoms with E-state index < -0.39 is 0 Å². The van der Waals surface area contributed by atoms with Gasteiger partial charge < -0.3 is 15.3 Å². The van der Waals surface area contributed by atoms with Crippen LogP contribution in [0.2, 0.25) is 0 Å². The van der Waals surface area contributed by atoms with E-state index >= 15 is 0 Å². The van der Waals surface area contributed by atoms with Crippen molar-refractivity contribution in [2.75, 3.05) is 19.8 Å². The Morgan fingerprint density at radius 2 is 1.39 bits per heavy atom. The second-order valence-electron chi connectivity index (χ2n) is 3.01. The molecule has 3 N–H and O–H groups in total. The minimum Gasteiger partial charge on any atom is -0.397 e. The predicted molar refractivity (Wildman–Crippen MR) is 73.7 cm³/mol. The maximum atomic E-state index is 7.57. The van der Waals surface area contributed by atoms with Crippen molar-refractivity contribution in [2.45, 2.75) is 47.0 Å². The molecule has 0 aromatic rings. The molecule has 0 aromatic carbocycles. The van der Waals surface area contributed by atoms with Crippen molar-refractivity contribution in [3.63, 3.8) is 0 Å². The van der Waals surface area contributed by atoms with Crippen LogP contribution in [0.15, 0.2) is 17.7 Å². The maximum absolute atomic E-state index is 7.57. The Hall–Kier alpha value is 0.0743. The molecule has 0 fully saturated rings. The molecule has 1 aliphatic rings. The first-order valence-electron chi connectivity index (χ1n) is 6.26. The van der Waals surface area contributed by atoms with Crippen LogP contribution in [0.25, 0.3) is 0 Å². The van der Waals surface area contributed by atoms with Crippen LogP contribution >= 0.6 is 0 Å². The van der Waals surface area contributed by atoms with Gasteiger partial charge in [-0.3, -0.25) is 6.08 Å². The summed E-state index contributed by atoms with van der Waals surface area (Å²) in [5.74, 6) is 0. The van der Waals surface area contributed by atoms with Crippen molar-refractivity contribution in [1.82, 2.24) is 0 Å². The van der Waals surface area contributed by atoms with Gasteiger partial charge in [-0.2, -0.15) is 6.08 Å². The first-order valence-corrected chi connectivity index (χ1v) is 6.26. The van der Waals surface area contributed by atoms with Crippen LogP contribution in [0.4, 0.5) is 0 Å². The molecule has 1 rings (SSSR count). The van der Waals surface area contributed by atoms with Gasteiger partial charge in [-0.1, -0.05) is 19.8 Å². The van der Waals surface area contributed by atoms with E-state index in [4.69, 9.17) is 15.3 Å². The first-order chi connectivity index (χ1) is 8.17. The molecule has 0 heterocycles.